The summed E-state index contributed by atoms with van der Waals surface area (Å²) in [5.41, 5.74) is 1.05. The monoisotopic (exact) mass is 384 g/mol. The summed E-state index contributed by atoms with van der Waals surface area (Å²) in [4.78, 5) is 29.4. The molecule has 0 bridgehead atoms. The van der Waals surface area contributed by atoms with Gasteiger partial charge in [-0.3, -0.25) is 14.6 Å². The maximum absolute atomic E-state index is 12.8. The summed E-state index contributed by atoms with van der Waals surface area (Å²) >= 11 is 0. The molecule has 6 nitrogen and oxygen atoms in total. The summed E-state index contributed by atoms with van der Waals surface area (Å²) in [6.07, 6.45) is 4.41. The first-order valence-corrected chi connectivity index (χ1v) is 9.73. The number of nitrogens with zero attached hydrogens (tertiary/aromatic N) is 1. The van der Waals surface area contributed by atoms with Crippen LogP contribution in [0.15, 0.2) is 30.5 Å². The number of methoxy groups -OCH3 is 1. The van der Waals surface area contributed by atoms with Crippen LogP contribution in [0.1, 0.15) is 46.5 Å². The Hall–Kier alpha value is -2.63. The van der Waals surface area contributed by atoms with Gasteiger partial charge in [0.15, 0.2) is 0 Å². The van der Waals surface area contributed by atoms with E-state index in [-0.39, 0.29) is 23.7 Å². The maximum atomic E-state index is 12.8. The average Bonchev–Trinajstić information content (AvgIpc) is 2.66. The standard InChI is InChI=1S/C22H28N2O4/c1-22(2,3)28-21(26)15-7-5-14(6-8-15)20(25)24-19-11-12-23-18-10-9-16(27-4)13-17(18)19/h9-15H,5-8H2,1-4H3,(H,23,24,25). The second kappa shape index (κ2) is 8.17. The minimum absolute atomic E-state index is 0.0158. The molecular weight excluding hydrogens is 356 g/mol. The molecule has 1 saturated carbocycles. The van der Waals surface area contributed by atoms with Crippen LogP contribution >= 0.6 is 0 Å². The van der Waals surface area contributed by atoms with Gasteiger partial charge in [0.1, 0.15) is 11.4 Å². The molecule has 0 atom stereocenters. The number of pyridine rings is 1. The van der Waals surface area contributed by atoms with Gasteiger partial charge in [-0.05, 0) is 70.7 Å². The highest BCUT2D eigenvalue weighted by Gasteiger charge is 2.32. The van der Waals surface area contributed by atoms with Crippen LogP contribution < -0.4 is 10.1 Å². The second-order valence-corrected chi connectivity index (χ2v) is 8.31. The average molecular weight is 384 g/mol. The fourth-order valence-corrected chi connectivity index (χ4v) is 3.57. The Balaban J connectivity index is 1.64. The van der Waals surface area contributed by atoms with E-state index in [1.54, 1.807) is 19.4 Å². The highest BCUT2D eigenvalue weighted by molar-refractivity contribution is 6.02. The second-order valence-electron chi connectivity index (χ2n) is 8.31. The number of rotatable bonds is 4. The molecule has 0 aliphatic heterocycles. The number of amides is 1. The van der Waals surface area contributed by atoms with Gasteiger partial charge in [-0.1, -0.05) is 0 Å². The van der Waals surface area contributed by atoms with Gasteiger partial charge in [0.2, 0.25) is 5.91 Å². The van der Waals surface area contributed by atoms with Crippen LogP contribution in [-0.4, -0.2) is 29.6 Å². The molecule has 150 valence electrons. The quantitative estimate of drug-likeness (QED) is 0.794. The smallest absolute Gasteiger partial charge is 0.309 e. The van der Waals surface area contributed by atoms with Crippen molar-refractivity contribution in [1.29, 1.82) is 0 Å². The van der Waals surface area contributed by atoms with Crippen LogP contribution in [0, 0.1) is 11.8 Å². The summed E-state index contributed by atoms with van der Waals surface area (Å²) in [6.45, 7) is 5.62. The number of hydrogen-bond acceptors (Lipinski definition) is 5. The number of ether oxygens (including phenoxy) is 2. The summed E-state index contributed by atoms with van der Waals surface area (Å²) < 4.78 is 10.8. The number of fused-ring (bicyclic) bond motifs is 1. The zero-order valence-corrected chi connectivity index (χ0v) is 17.0. The lowest BCUT2D eigenvalue weighted by molar-refractivity contribution is -0.161. The minimum Gasteiger partial charge on any atom is -0.497 e. The molecule has 0 unspecified atom stereocenters. The first-order valence-electron chi connectivity index (χ1n) is 9.73. The molecule has 2 aromatic rings. The Bertz CT molecular complexity index is 864. The van der Waals surface area contributed by atoms with Gasteiger partial charge in [0.25, 0.3) is 0 Å². The van der Waals surface area contributed by atoms with Crippen molar-refractivity contribution in [3.05, 3.63) is 30.5 Å². The molecule has 0 radical (unpaired) electrons. The van der Waals surface area contributed by atoms with E-state index >= 15 is 0 Å². The Morgan fingerprint density at radius 2 is 1.75 bits per heavy atom. The van der Waals surface area contributed by atoms with Crippen molar-refractivity contribution in [2.24, 2.45) is 11.8 Å². The van der Waals surface area contributed by atoms with Crippen LogP contribution in [0.5, 0.6) is 5.75 Å². The third kappa shape index (κ3) is 4.80. The number of nitrogens with one attached hydrogen (secondary N) is 1. The van der Waals surface area contributed by atoms with Crippen molar-refractivity contribution >= 4 is 28.5 Å². The number of benzene rings is 1. The first-order chi connectivity index (χ1) is 13.3. The Labute approximate surface area is 165 Å². The molecule has 1 fully saturated rings. The Morgan fingerprint density at radius 1 is 1.07 bits per heavy atom. The molecule has 1 aromatic carbocycles. The Morgan fingerprint density at radius 3 is 2.39 bits per heavy atom. The van der Waals surface area contributed by atoms with Crippen molar-refractivity contribution in [2.75, 3.05) is 12.4 Å². The predicted octanol–water partition coefficient (Wildman–Crippen LogP) is 4.33. The molecule has 0 spiro atoms. The van der Waals surface area contributed by atoms with Crippen molar-refractivity contribution in [1.82, 2.24) is 4.98 Å². The van der Waals surface area contributed by atoms with Gasteiger partial charge in [-0.15, -0.1) is 0 Å². The lowest BCUT2D eigenvalue weighted by Crippen LogP contribution is -2.33. The fraction of sp³-hybridized carbons (Fsp3) is 0.500. The van der Waals surface area contributed by atoms with Crippen molar-refractivity contribution in [3.63, 3.8) is 0 Å². The van der Waals surface area contributed by atoms with E-state index in [1.807, 2.05) is 39.0 Å². The number of esters is 1. The molecule has 1 heterocycles. The number of carbonyl (C=O) groups is 2. The zero-order valence-electron chi connectivity index (χ0n) is 17.0. The van der Waals surface area contributed by atoms with E-state index in [0.29, 0.717) is 31.4 Å². The third-order valence-corrected chi connectivity index (χ3v) is 5.04. The molecule has 0 saturated heterocycles. The number of hydrogen-bond donors (Lipinski definition) is 1. The third-order valence-electron chi connectivity index (χ3n) is 5.04. The van der Waals surface area contributed by atoms with Crippen molar-refractivity contribution < 1.29 is 19.1 Å². The van der Waals surface area contributed by atoms with Gasteiger partial charge < -0.3 is 14.8 Å². The molecule has 1 aliphatic rings. The molecule has 1 N–H and O–H groups in total. The van der Waals surface area contributed by atoms with Crippen LogP contribution in [-0.2, 0) is 14.3 Å². The van der Waals surface area contributed by atoms with Gasteiger partial charge in [0.05, 0.1) is 24.2 Å². The van der Waals surface area contributed by atoms with Gasteiger partial charge >= 0.3 is 5.97 Å². The van der Waals surface area contributed by atoms with Gasteiger partial charge in [0, 0.05) is 17.5 Å². The normalized spacial score (nSPS) is 19.9. The van der Waals surface area contributed by atoms with Crippen LogP contribution in [0.25, 0.3) is 10.9 Å². The lowest BCUT2D eigenvalue weighted by atomic mass is 9.81. The van der Waals surface area contributed by atoms with Crippen LogP contribution in [0.2, 0.25) is 0 Å². The minimum atomic E-state index is -0.477. The largest absolute Gasteiger partial charge is 0.497 e. The topological polar surface area (TPSA) is 77.5 Å². The van der Waals surface area contributed by atoms with Crippen molar-refractivity contribution in [2.45, 2.75) is 52.1 Å². The van der Waals surface area contributed by atoms with Gasteiger partial charge in [-0.2, -0.15) is 0 Å². The molecule has 3 rings (SSSR count). The summed E-state index contributed by atoms with van der Waals surface area (Å²) in [7, 11) is 1.61. The summed E-state index contributed by atoms with van der Waals surface area (Å²) in [6, 6.07) is 7.39. The van der Waals surface area contributed by atoms with E-state index in [0.717, 1.165) is 16.6 Å². The lowest BCUT2D eigenvalue weighted by Gasteiger charge is -2.29. The van der Waals surface area contributed by atoms with Crippen LogP contribution in [0.4, 0.5) is 5.69 Å². The highest BCUT2D eigenvalue weighted by Crippen LogP contribution is 2.32. The van der Waals surface area contributed by atoms with E-state index in [1.165, 1.54) is 0 Å². The first kappa shape index (κ1) is 20.1. The maximum Gasteiger partial charge on any atom is 0.309 e. The summed E-state index contributed by atoms with van der Waals surface area (Å²) in [5.74, 6) is 0.326. The number of aromatic nitrogens is 1. The summed E-state index contributed by atoms with van der Waals surface area (Å²) in [5, 5.41) is 3.88. The van der Waals surface area contributed by atoms with Gasteiger partial charge in [-0.25, -0.2) is 0 Å². The predicted molar refractivity (Wildman–Crippen MR) is 108 cm³/mol. The van der Waals surface area contributed by atoms with Crippen molar-refractivity contribution in [3.8, 4) is 5.75 Å². The van der Waals surface area contributed by atoms with E-state index in [4.69, 9.17) is 9.47 Å². The number of anilines is 1. The molecule has 1 amide bonds. The molecule has 28 heavy (non-hydrogen) atoms. The number of carbonyl (C=O) groups excluding carboxylic acids is 2. The van der Waals surface area contributed by atoms with Crippen LogP contribution in [0.3, 0.4) is 0 Å². The van der Waals surface area contributed by atoms with E-state index in [9.17, 15) is 9.59 Å². The SMILES string of the molecule is COc1ccc2nccc(NC(=O)C3CCC(C(=O)OC(C)(C)C)CC3)c2c1. The fourth-order valence-electron chi connectivity index (χ4n) is 3.57. The Kier molecular flexibility index (Phi) is 5.87. The van der Waals surface area contributed by atoms with E-state index < -0.39 is 5.60 Å². The molecule has 1 aromatic heterocycles. The molecule has 1 aliphatic carbocycles. The molecular formula is C22H28N2O4. The zero-order chi connectivity index (χ0) is 20.3. The van der Waals surface area contributed by atoms with E-state index in [2.05, 4.69) is 10.3 Å². The molecule has 6 heteroatoms. The highest BCUT2D eigenvalue weighted by atomic mass is 16.6.